The Morgan fingerprint density at radius 2 is 2.25 bits per heavy atom. The van der Waals surface area contributed by atoms with E-state index in [2.05, 4.69) is 15.5 Å². The summed E-state index contributed by atoms with van der Waals surface area (Å²) in [6.45, 7) is 0. The number of rotatable bonds is 4. The first kappa shape index (κ1) is 13.0. The van der Waals surface area contributed by atoms with Crippen molar-refractivity contribution in [2.75, 3.05) is 12.4 Å². The van der Waals surface area contributed by atoms with Crippen molar-refractivity contribution in [1.82, 2.24) is 10.2 Å². The molecule has 7 heteroatoms. The summed E-state index contributed by atoms with van der Waals surface area (Å²) in [6, 6.07) is 4.05. The van der Waals surface area contributed by atoms with Crippen LogP contribution in [-0.4, -0.2) is 23.2 Å². The summed E-state index contributed by atoms with van der Waals surface area (Å²) in [7, 11) is 1.37. The number of benzene rings is 1. The Hall–Kier alpha value is -2.02. The fourth-order valence-electron chi connectivity index (χ4n) is 1.76. The van der Waals surface area contributed by atoms with Crippen LogP contribution in [0.5, 0.6) is 5.75 Å². The number of hydrogen-bond acceptors (Lipinski definition) is 5. The molecule has 0 unspecified atom stereocenters. The largest absolute Gasteiger partial charge is 0.494 e. The number of aromatic nitrogens is 2. The number of nitrogens with zero attached hydrogens (tertiary/aromatic N) is 2. The SMILES string of the molecule is COc1ccc(C(=O)Nc2nnc(C3CC3)s2)cc1F. The van der Waals surface area contributed by atoms with Gasteiger partial charge in [0.1, 0.15) is 5.01 Å². The normalized spacial score (nSPS) is 14.1. The third-order valence-corrected chi connectivity index (χ3v) is 4.00. The molecule has 0 bridgehead atoms. The van der Waals surface area contributed by atoms with E-state index in [1.54, 1.807) is 0 Å². The summed E-state index contributed by atoms with van der Waals surface area (Å²) in [4.78, 5) is 12.0. The first-order valence-electron chi connectivity index (χ1n) is 6.15. The molecule has 1 aromatic carbocycles. The minimum absolute atomic E-state index is 0.105. The summed E-state index contributed by atoms with van der Waals surface area (Å²) < 4.78 is 18.3. The van der Waals surface area contributed by atoms with E-state index in [4.69, 9.17) is 4.74 Å². The minimum atomic E-state index is -0.573. The van der Waals surface area contributed by atoms with Crippen molar-refractivity contribution >= 4 is 22.4 Å². The quantitative estimate of drug-likeness (QED) is 0.941. The second-order valence-corrected chi connectivity index (χ2v) is 5.53. The predicted octanol–water partition coefficient (Wildman–Crippen LogP) is 2.82. The first-order chi connectivity index (χ1) is 9.67. The molecule has 0 radical (unpaired) electrons. The summed E-state index contributed by atoms with van der Waals surface area (Å²) >= 11 is 1.37. The van der Waals surface area contributed by atoms with Crippen molar-refractivity contribution in [2.24, 2.45) is 0 Å². The third-order valence-electron chi connectivity index (χ3n) is 3.00. The van der Waals surface area contributed by atoms with Crippen molar-refractivity contribution in [2.45, 2.75) is 18.8 Å². The van der Waals surface area contributed by atoms with Gasteiger partial charge in [0.2, 0.25) is 5.13 Å². The maximum atomic E-state index is 13.5. The molecule has 1 aromatic heterocycles. The Morgan fingerprint density at radius 3 is 2.90 bits per heavy atom. The zero-order valence-electron chi connectivity index (χ0n) is 10.7. The third kappa shape index (κ3) is 2.62. The van der Waals surface area contributed by atoms with Crippen LogP contribution in [-0.2, 0) is 0 Å². The molecule has 1 amide bonds. The zero-order valence-corrected chi connectivity index (χ0v) is 11.5. The van der Waals surface area contributed by atoms with E-state index < -0.39 is 11.7 Å². The molecule has 2 aromatic rings. The Morgan fingerprint density at radius 1 is 1.45 bits per heavy atom. The van der Waals surface area contributed by atoms with Gasteiger partial charge in [-0.1, -0.05) is 11.3 Å². The van der Waals surface area contributed by atoms with Gasteiger partial charge in [-0.25, -0.2) is 4.39 Å². The number of carbonyl (C=O) groups excluding carboxylic acids is 1. The van der Waals surface area contributed by atoms with E-state index in [0.717, 1.165) is 23.9 Å². The van der Waals surface area contributed by atoms with Gasteiger partial charge < -0.3 is 4.74 Å². The second-order valence-electron chi connectivity index (χ2n) is 4.52. The minimum Gasteiger partial charge on any atom is -0.494 e. The molecule has 0 aliphatic heterocycles. The van der Waals surface area contributed by atoms with E-state index in [-0.39, 0.29) is 11.3 Å². The van der Waals surface area contributed by atoms with Gasteiger partial charge in [-0.3, -0.25) is 10.1 Å². The first-order valence-corrected chi connectivity index (χ1v) is 6.97. The molecule has 3 rings (SSSR count). The molecular weight excluding hydrogens is 281 g/mol. The molecular formula is C13H12FN3O2S. The van der Waals surface area contributed by atoms with E-state index in [1.807, 2.05) is 0 Å². The van der Waals surface area contributed by atoms with Gasteiger partial charge in [0.05, 0.1) is 7.11 Å². The number of amides is 1. The van der Waals surface area contributed by atoms with Crippen LogP contribution in [0.15, 0.2) is 18.2 Å². The van der Waals surface area contributed by atoms with E-state index in [1.165, 1.54) is 30.6 Å². The van der Waals surface area contributed by atoms with Crippen LogP contribution in [0.1, 0.15) is 34.1 Å². The van der Waals surface area contributed by atoms with Gasteiger partial charge in [0.25, 0.3) is 5.91 Å². The zero-order chi connectivity index (χ0) is 14.1. The number of methoxy groups -OCH3 is 1. The van der Waals surface area contributed by atoms with Crippen molar-refractivity contribution in [3.8, 4) is 5.75 Å². The van der Waals surface area contributed by atoms with Crippen LogP contribution in [0, 0.1) is 5.82 Å². The van der Waals surface area contributed by atoms with E-state index in [0.29, 0.717) is 11.0 Å². The molecule has 1 saturated carbocycles. The second kappa shape index (κ2) is 5.16. The molecule has 104 valence electrons. The van der Waals surface area contributed by atoms with Gasteiger partial charge in [0.15, 0.2) is 11.6 Å². The topological polar surface area (TPSA) is 64.1 Å². The summed E-state index contributed by atoms with van der Waals surface area (Å²) in [5.74, 6) is -0.383. The number of hydrogen-bond donors (Lipinski definition) is 1. The Labute approximate surface area is 118 Å². The monoisotopic (exact) mass is 293 g/mol. The number of halogens is 1. The lowest BCUT2D eigenvalue weighted by molar-refractivity contribution is 0.102. The Balaban J connectivity index is 1.72. The number of ether oxygens (including phenoxy) is 1. The van der Waals surface area contributed by atoms with E-state index in [9.17, 15) is 9.18 Å². The highest BCUT2D eigenvalue weighted by Crippen LogP contribution is 2.42. The molecule has 0 saturated heterocycles. The fraction of sp³-hybridized carbons (Fsp3) is 0.308. The maximum Gasteiger partial charge on any atom is 0.257 e. The van der Waals surface area contributed by atoms with Crippen molar-refractivity contribution in [1.29, 1.82) is 0 Å². The van der Waals surface area contributed by atoms with Gasteiger partial charge in [-0.2, -0.15) is 0 Å². The summed E-state index contributed by atoms with van der Waals surface area (Å²) in [5.41, 5.74) is 0.214. The lowest BCUT2D eigenvalue weighted by Gasteiger charge is -2.04. The van der Waals surface area contributed by atoms with Crippen molar-refractivity contribution in [3.05, 3.63) is 34.6 Å². The van der Waals surface area contributed by atoms with Crippen LogP contribution < -0.4 is 10.1 Å². The molecule has 0 spiro atoms. The smallest absolute Gasteiger partial charge is 0.257 e. The predicted molar refractivity (Wildman–Crippen MR) is 72.8 cm³/mol. The highest BCUT2D eigenvalue weighted by Gasteiger charge is 2.27. The van der Waals surface area contributed by atoms with Gasteiger partial charge in [-0.15, -0.1) is 10.2 Å². The van der Waals surface area contributed by atoms with Crippen LogP contribution in [0.4, 0.5) is 9.52 Å². The molecule has 1 aliphatic carbocycles. The average Bonchev–Trinajstić information content (AvgIpc) is 3.19. The molecule has 1 heterocycles. The van der Waals surface area contributed by atoms with Crippen LogP contribution in [0.2, 0.25) is 0 Å². The molecule has 1 N–H and O–H groups in total. The van der Waals surface area contributed by atoms with Crippen molar-refractivity contribution < 1.29 is 13.9 Å². The molecule has 1 aliphatic rings. The molecule has 20 heavy (non-hydrogen) atoms. The summed E-state index contributed by atoms with van der Waals surface area (Å²) in [5, 5.41) is 12.0. The number of nitrogens with one attached hydrogen (secondary N) is 1. The summed E-state index contributed by atoms with van der Waals surface area (Å²) in [6.07, 6.45) is 2.26. The van der Waals surface area contributed by atoms with Crippen LogP contribution in [0.25, 0.3) is 0 Å². The lowest BCUT2D eigenvalue weighted by Crippen LogP contribution is -2.12. The number of carbonyl (C=O) groups is 1. The molecule has 0 atom stereocenters. The van der Waals surface area contributed by atoms with Crippen LogP contribution >= 0.6 is 11.3 Å². The van der Waals surface area contributed by atoms with E-state index >= 15 is 0 Å². The standard InChI is InChI=1S/C13H12FN3O2S/c1-19-10-5-4-8(6-9(10)14)11(18)15-13-17-16-12(20-13)7-2-3-7/h4-7H,2-3H2,1H3,(H,15,17,18). The van der Waals surface area contributed by atoms with Gasteiger partial charge >= 0.3 is 0 Å². The highest BCUT2D eigenvalue weighted by molar-refractivity contribution is 7.15. The van der Waals surface area contributed by atoms with Crippen LogP contribution in [0.3, 0.4) is 0 Å². The average molecular weight is 293 g/mol. The molecule has 1 fully saturated rings. The van der Waals surface area contributed by atoms with Gasteiger partial charge in [-0.05, 0) is 31.0 Å². The Bertz CT molecular complexity index is 655. The lowest BCUT2D eigenvalue weighted by atomic mass is 10.2. The van der Waals surface area contributed by atoms with Crippen molar-refractivity contribution in [3.63, 3.8) is 0 Å². The van der Waals surface area contributed by atoms with Gasteiger partial charge in [0, 0.05) is 11.5 Å². The maximum absolute atomic E-state index is 13.5. The highest BCUT2D eigenvalue weighted by atomic mass is 32.1. The molecule has 5 nitrogen and oxygen atoms in total. The fourth-order valence-corrected chi connectivity index (χ4v) is 2.66. The Kier molecular flexibility index (Phi) is 3.35. The number of anilines is 1.